The third kappa shape index (κ3) is 3.53. The van der Waals surface area contributed by atoms with Gasteiger partial charge in [-0.2, -0.15) is 0 Å². The van der Waals surface area contributed by atoms with Crippen molar-refractivity contribution in [1.29, 1.82) is 0 Å². The first-order valence-corrected chi connectivity index (χ1v) is 6.00. The number of hydrogen-bond acceptors (Lipinski definition) is 3. The first kappa shape index (κ1) is 14.4. The summed E-state index contributed by atoms with van der Waals surface area (Å²) in [5, 5.41) is 13.6. The number of pyridine rings is 1. The van der Waals surface area contributed by atoms with Crippen molar-refractivity contribution in [3.8, 4) is 0 Å². The van der Waals surface area contributed by atoms with E-state index in [-0.39, 0.29) is 17.1 Å². The first-order chi connectivity index (χ1) is 9.97. The topological polar surface area (TPSA) is 91.3 Å². The van der Waals surface area contributed by atoms with Crippen LogP contribution in [0.4, 0.5) is 20.6 Å². The van der Waals surface area contributed by atoms with Gasteiger partial charge in [0.1, 0.15) is 5.82 Å². The Morgan fingerprint density at radius 3 is 2.62 bits per heavy atom. The van der Waals surface area contributed by atoms with Crippen LogP contribution in [0, 0.1) is 12.7 Å². The van der Waals surface area contributed by atoms with Gasteiger partial charge in [-0.25, -0.2) is 19.0 Å². The number of rotatable bonds is 3. The molecule has 0 fully saturated rings. The predicted molar refractivity (Wildman–Crippen MR) is 75.0 cm³/mol. The Kier molecular flexibility index (Phi) is 4.13. The summed E-state index contributed by atoms with van der Waals surface area (Å²) in [6.45, 7) is 1.76. The number of carboxylic acids is 1. The Morgan fingerprint density at radius 1 is 1.19 bits per heavy atom. The summed E-state index contributed by atoms with van der Waals surface area (Å²) in [7, 11) is 0. The zero-order chi connectivity index (χ0) is 15.4. The molecule has 1 aromatic carbocycles. The summed E-state index contributed by atoms with van der Waals surface area (Å²) >= 11 is 0. The molecule has 0 radical (unpaired) electrons. The summed E-state index contributed by atoms with van der Waals surface area (Å²) in [6.07, 6.45) is 1.30. The molecule has 0 atom stereocenters. The number of carboxylic acid groups (broad SMARTS) is 1. The molecule has 0 saturated carbocycles. The van der Waals surface area contributed by atoms with E-state index in [9.17, 15) is 14.0 Å². The Bertz CT molecular complexity index is 704. The normalized spacial score (nSPS) is 10.0. The van der Waals surface area contributed by atoms with Crippen LogP contribution in [0.3, 0.4) is 0 Å². The summed E-state index contributed by atoms with van der Waals surface area (Å²) in [5.41, 5.74) is 0.514. The van der Waals surface area contributed by atoms with Crippen molar-refractivity contribution in [2.45, 2.75) is 6.92 Å². The number of aromatic carboxylic acids is 1. The minimum Gasteiger partial charge on any atom is -0.476 e. The van der Waals surface area contributed by atoms with Gasteiger partial charge in [-0.15, -0.1) is 0 Å². The van der Waals surface area contributed by atoms with E-state index >= 15 is 0 Å². The molecule has 6 nitrogen and oxygen atoms in total. The fourth-order valence-electron chi connectivity index (χ4n) is 1.69. The van der Waals surface area contributed by atoms with E-state index in [0.29, 0.717) is 0 Å². The molecule has 2 aromatic rings. The fraction of sp³-hybridized carbons (Fsp3) is 0.0714. The molecule has 3 N–H and O–H groups in total. The van der Waals surface area contributed by atoms with Crippen molar-refractivity contribution in [2.75, 3.05) is 10.6 Å². The smallest absolute Gasteiger partial charge is 0.356 e. The Hall–Kier alpha value is -2.96. The van der Waals surface area contributed by atoms with Gasteiger partial charge in [-0.1, -0.05) is 6.07 Å². The summed E-state index contributed by atoms with van der Waals surface area (Å²) in [6, 6.07) is 6.39. The maximum atomic E-state index is 13.5. The Labute approximate surface area is 119 Å². The molecule has 0 unspecified atom stereocenters. The van der Waals surface area contributed by atoms with Gasteiger partial charge in [0.2, 0.25) is 0 Å². The molecule has 7 heteroatoms. The highest BCUT2D eigenvalue weighted by Crippen LogP contribution is 2.17. The van der Waals surface area contributed by atoms with E-state index in [1.807, 2.05) is 0 Å². The molecule has 0 bridgehead atoms. The minimum atomic E-state index is -1.27. The van der Waals surface area contributed by atoms with Crippen LogP contribution >= 0.6 is 0 Å². The van der Waals surface area contributed by atoms with Crippen LogP contribution in [0.15, 0.2) is 36.5 Å². The molecule has 2 amide bonds. The molecule has 1 heterocycles. The molecule has 108 valence electrons. The number of carbonyl (C=O) groups excluding carboxylic acids is 1. The molecular weight excluding hydrogens is 277 g/mol. The lowest BCUT2D eigenvalue weighted by molar-refractivity contribution is 0.0691. The monoisotopic (exact) mass is 289 g/mol. The highest BCUT2D eigenvalue weighted by atomic mass is 19.1. The minimum absolute atomic E-state index is 0.00765. The number of aryl methyl sites for hydroxylation is 1. The number of anilines is 2. The molecule has 21 heavy (non-hydrogen) atoms. The third-order valence-corrected chi connectivity index (χ3v) is 2.63. The van der Waals surface area contributed by atoms with Gasteiger partial charge in [0.05, 0.1) is 11.4 Å². The largest absolute Gasteiger partial charge is 0.476 e. The van der Waals surface area contributed by atoms with Crippen LogP contribution < -0.4 is 10.6 Å². The van der Waals surface area contributed by atoms with Crippen molar-refractivity contribution in [3.05, 3.63) is 53.6 Å². The second kappa shape index (κ2) is 6.00. The first-order valence-electron chi connectivity index (χ1n) is 6.00. The van der Waals surface area contributed by atoms with Gasteiger partial charge in [-0.3, -0.25) is 0 Å². The van der Waals surface area contributed by atoms with Crippen LogP contribution in [0.2, 0.25) is 0 Å². The summed E-state index contributed by atoms with van der Waals surface area (Å²) < 4.78 is 13.5. The molecule has 1 aromatic heterocycles. The summed E-state index contributed by atoms with van der Waals surface area (Å²) in [4.78, 5) is 26.4. The van der Waals surface area contributed by atoms with E-state index in [1.165, 1.54) is 30.5 Å². The Balaban J connectivity index is 2.16. The molecule has 0 spiro atoms. The predicted octanol–water partition coefficient (Wildman–Crippen LogP) is 2.87. The number of urea groups is 1. The van der Waals surface area contributed by atoms with Crippen molar-refractivity contribution < 1.29 is 19.1 Å². The lowest BCUT2D eigenvalue weighted by atomic mass is 10.2. The molecule has 0 aliphatic heterocycles. The third-order valence-electron chi connectivity index (χ3n) is 2.63. The van der Waals surface area contributed by atoms with Crippen LogP contribution in [0.5, 0.6) is 0 Å². The molecule has 0 aliphatic carbocycles. The van der Waals surface area contributed by atoms with Crippen LogP contribution in [-0.4, -0.2) is 22.1 Å². The maximum absolute atomic E-state index is 13.5. The van der Waals surface area contributed by atoms with Crippen LogP contribution in [-0.2, 0) is 0 Å². The number of amides is 2. The lowest BCUT2D eigenvalue weighted by Gasteiger charge is -2.10. The number of halogens is 1. The highest BCUT2D eigenvalue weighted by molar-refractivity contribution is 6.03. The molecule has 0 aliphatic rings. The van der Waals surface area contributed by atoms with Crippen LogP contribution in [0.25, 0.3) is 0 Å². The number of hydrogen-bond donors (Lipinski definition) is 3. The number of nitrogens with one attached hydrogen (secondary N) is 2. The number of carbonyl (C=O) groups is 2. The quantitative estimate of drug-likeness (QED) is 0.810. The van der Waals surface area contributed by atoms with Gasteiger partial charge < -0.3 is 15.7 Å². The van der Waals surface area contributed by atoms with E-state index in [0.717, 1.165) is 5.56 Å². The zero-order valence-electron chi connectivity index (χ0n) is 11.1. The molecular formula is C14H12FN3O3. The van der Waals surface area contributed by atoms with Crippen molar-refractivity contribution in [2.24, 2.45) is 0 Å². The van der Waals surface area contributed by atoms with Gasteiger partial charge in [0, 0.05) is 6.20 Å². The number of benzene rings is 1. The summed E-state index contributed by atoms with van der Waals surface area (Å²) in [5.74, 6) is -1.85. The van der Waals surface area contributed by atoms with Gasteiger partial charge in [0.25, 0.3) is 0 Å². The van der Waals surface area contributed by atoms with Gasteiger partial charge in [0.15, 0.2) is 5.69 Å². The highest BCUT2D eigenvalue weighted by Gasteiger charge is 2.14. The average Bonchev–Trinajstić information content (AvgIpc) is 2.43. The average molecular weight is 289 g/mol. The van der Waals surface area contributed by atoms with Crippen LogP contribution in [0.1, 0.15) is 16.1 Å². The van der Waals surface area contributed by atoms with E-state index in [4.69, 9.17) is 5.11 Å². The van der Waals surface area contributed by atoms with E-state index < -0.39 is 17.8 Å². The van der Waals surface area contributed by atoms with Crippen molar-refractivity contribution in [1.82, 2.24) is 4.98 Å². The second-order valence-electron chi connectivity index (χ2n) is 4.27. The fourth-order valence-corrected chi connectivity index (χ4v) is 1.69. The molecule has 0 saturated heterocycles. The standard InChI is InChI=1S/C14H12FN3O3/c1-8-4-5-9(15)11(7-8)18-14(21)17-10-3-2-6-16-12(10)13(19)20/h2-7H,1H3,(H,19,20)(H2,17,18,21). The van der Waals surface area contributed by atoms with E-state index in [1.54, 1.807) is 13.0 Å². The number of aromatic nitrogens is 1. The maximum Gasteiger partial charge on any atom is 0.356 e. The van der Waals surface area contributed by atoms with Gasteiger partial charge in [-0.05, 0) is 36.8 Å². The Morgan fingerprint density at radius 2 is 1.90 bits per heavy atom. The zero-order valence-corrected chi connectivity index (χ0v) is 11.1. The van der Waals surface area contributed by atoms with Crippen molar-refractivity contribution in [3.63, 3.8) is 0 Å². The van der Waals surface area contributed by atoms with Gasteiger partial charge >= 0.3 is 12.0 Å². The van der Waals surface area contributed by atoms with Crippen molar-refractivity contribution >= 4 is 23.4 Å². The SMILES string of the molecule is Cc1ccc(F)c(NC(=O)Nc2cccnc2C(=O)O)c1. The lowest BCUT2D eigenvalue weighted by Crippen LogP contribution is -2.22. The molecule has 2 rings (SSSR count). The van der Waals surface area contributed by atoms with E-state index in [2.05, 4.69) is 15.6 Å². The second-order valence-corrected chi connectivity index (χ2v) is 4.27. The number of nitrogens with zero attached hydrogens (tertiary/aromatic N) is 1.